The molecule has 2 nitrogen and oxygen atoms in total. The number of aryl methyl sites for hydroxylation is 1. The molecule has 21 heavy (non-hydrogen) atoms. The van der Waals surface area contributed by atoms with Crippen LogP contribution in [0.15, 0.2) is 46.9 Å². The first-order chi connectivity index (χ1) is 10.2. The van der Waals surface area contributed by atoms with Crippen LogP contribution in [0.1, 0.15) is 36.9 Å². The third kappa shape index (κ3) is 2.99. The van der Waals surface area contributed by atoms with Gasteiger partial charge in [-0.2, -0.15) is 0 Å². The number of rotatable bonds is 2. The molecule has 1 aliphatic rings. The van der Waals surface area contributed by atoms with Crippen LogP contribution in [0.2, 0.25) is 0 Å². The van der Waals surface area contributed by atoms with Crippen LogP contribution >= 0.6 is 15.9 Å². The fourth-order valence-electron chi connectivity index (χ4n) is 3.01. The van der Waals surface area contributed by atoms with E-state index in [9.17, 15) is 0 Å². The van der Waals surface area contributed by atoms with Crippen molar-refractivity contribution >= 4 is 27.3 Å². The lowest BCUT2D eigenvalue weighted by Crippen LogP contribution is -2.18. The van der Waals surface area contributed by atoms with E-state index in [1.807, 2.05) is 6.92 Å². The molecule has 0 saturated heterocycles. The van der Waals surface area contributed by atoms with Crippen LogP contribution in [0, 0.1) is 0 Å². The highest BCUT2D eigenvalue weighted by Crippen LogP contribution is 2.35. The highest BCUT2D eigenvalue weighted by Gasteiger charge is 2.17. The average molecular weight is 345 g/mol. The van der Waals surface area contributed by atoms with E-state index in [-0.39, 0.29) is 6.04 Å². The number of hydrogen-bond donors (Lipinski definition) is 1. The SMILES string of the molecule is C[C@H](N)c1ccc(N2CCCCc3ccccc32)cc1Br. The average Bonchev–Trinajstić information content (AvgIpc) is 2.69. The van der Waals surface area contributed by atoms with Gasteiger partial charge in [0.25, 0.3) is 0 Å². The van der Waals surface area contributed by atoms with Crippen LogP contribution in [0.5, 0.6) is 0 Å². The summed E-state index contributed by atoms with van der Waals surface area (Å²) in [5, 5.41) is 0. The van der Waals surface area contributed by atoms with Crippen molar-refractivity contribution in [1.82, 2.24) is 0 Å². The second-order valence-corrected chi connectivity index (χ2v) is 6.59. The molecule has 110 valence electrons. The predicted octanol–water partition coefficient (Wildman–Crippen LogP) is 4.94. The second kappa shape index (κ2) is 6.20. The van der Waals surface area contributed by atoms with Gasteiger partial charge in [0.15, 0.2) is 0 Å². The molecule has 3 heteroatoms. The van der Waals surface area contributed by atoms with Gasteiger partial charge in [-0.05, 0) is 55.5 Å². The molecule has 0 saturated carbocycles. The molecule has 0 aliphatic carbocycles. The van der Waals surface area contributed by atoms with E-state index >= 15 is 0 Å². The third-order valence-corrected chi connectivity index (χ3v) is 4.83. The molecule has 0 fully saturated rings. The Morgan fingerprint density at radius 3 is 2.71 bits per heavy atom. The number of anilines is 2. The maximum atomic E-state index is 6.00. The summed E-state index contributed by atoms with van der Waals surface area (Å²) in [6.07, 6.45) is 3.65. The standard InChI is InChI=1S/C18H21BrN2/c1-13(20)16-10-9-15(12-17(16)19)21-11-5-4-7-14-6-2-3-8-18(14)21/h2-3,6,8-10,12-13H,4-5,7,11,20H2,1H3/t13-/m0/s1. The molecule has 0 aromatic heterocycles. The minimum atomic E-state index is 0.0462. The third-order valence-electron chi connectivity index (χ3n) is 4.15. The Labute approximate surface area is 135 Å². The minimum absolute atomic E-state index is 0.0462. The Hall–Kier alpha value is -1.32. The van der Waals surface area contributed by atoms with Crippen LogP contribution in [0.25, 0.3) is 0 Å². The first-order valence-electron chi connectivity index (χ1n) is 7.57. The highest BCUT2D eigenvalue weighted by atomic mass is 79.9. The fraction of sp³-hybridized carbons (Fsp3) is 0.333. The molecule has 0 unspecified atom stereocenters. The Balaban J connectivity index is 2.02. The summed E-state index contributed by atoms with van der Waals surface area (Å²) in [6.45, 7) is 3.09. The summed E-state index contributed by atoms with van der Waals surface area (Å²) in [5.74, 6) is 0. The normalized spacial score (nSPS) is 16.2. The summed E-state index contributed by atoms with van der Waals surface area (Å²) in [7, 11) is 0. The topological polar surface area (TPSA) is 29.3 Å². The summed E-state index contributed by atoms with van der Waals surface area (Å²) < 4.78 is 1.09. The van der Waals surface area contributed by atoms with Crippen LogP contribution in [0.4, 0.5) is 11.4 Å². The van der Waals surface area contributed by atoms with Crippen LogP contribution in [-0.2, 0) is 6.42 Å². The van der Waals surface area contributed by atoms with Gasteiger partial charge < -0.3 is 10.6 Å². The number of hydrogen-bond acceptors (Lipinski definition) is 2. The summed E-state index contributed by atoms with van der Waals surface area (Å²) in [5.41, 5.74) is 11.2. The van der Waals surface area contributed by atoms with Crippen molar-refractivity contribution < 1.29 is 0 Å². The van der Waals surface area contributed by atoms with Gasteiger partial charge in [-0.15, -0.1) is 0 Å². The van der Waals surface area contributed by atoms with E-state index in [2.05, 4.69) is 63.3 Å². The molecule has 2 aromatic rings. The number of nitrogens with zero attached hydrogens (tertiary/aromatic N) is 1. The zero-order valence-electron chi connectivity index (χ0n) is 12.3. The maximum absolute atomic E-state index is 6.00. The monoisotopic (exact) mass is 344 g/mol. The molecular weight excluding hydrogens is 324 g/mol. The van der Waals surface area contributed by atoms with Gasteiger partial charge >= 0.3 is 0 Å². The molecule has 3 rings (SSSR count). The van der Waals surface area contributed by atoms with Gasteiger partial charge in [0.05, 0.1) is 0 Å². The van der Waals surface area contributed by atoms with Crippen molar-refractivity contribution in [3.05, 3.63) is 58.1 Å². The van der Waals surface area contributed by atoms with E-state index < -0.39 is 0 Å². The molecule has 0 bridgehead atoms. The lowest BCUT2D eigenvalue weighted by atomic mass is 10.1. The molecule has 1 atom stereocenters. The first-order valence-corrected chi connectivity index (χ1v) is 8.36. The number of benzene rings is 2. The lowest BCUT2D eigenvalue weighted by molar-refractivity contribution is 0.760. The number of para-hydroxylation sites is 1. The van der Waals surface area contributed by atoms with Crippen molar-refractivity contribution in [1.29, 1.82) is 0 Å². The molecule has 1 heterocycles. The van der Waals surface area contributed by atoms with Crippen molar-refractivity contribution in [3.8, 4) is 0 Å². The summed E-state index contributed by atoms with van der Waals surface area (Å²) in [6, 6.07) is 15.3. The van der Waals surface area contributed by atoms with E-state index in [0.717, 1.165) is 16.6 Å². The summed E-state index contributed by atoms with van der Waals surface area (Å²) in [4.78, 5) is 2.43. The van der Waals surface area contributed by atoms with Crippen LogP contribution < -0.4 is 10.6 Å². The smallest absolute Gasteiger partial charge is 0.0443 e. The quantitative estimate of drug-likeness (QED) is 0.835. The Bertz CT molecular complexity index is 637. The van der Waals surface area contributed by atoms with Crippen LogP contribution in [0.3, 0.4) is 0 Å². The molecule has 2 N–H and O–H groups in total. The summed E-state index contributed by atoms with van der Waals surface area (Å²) >= 11 is 3.67. The molecule has 2 aromatic carbocycles. The van der Waals surface area contributed by atoms with Crippen LogP contribution in [-0.4, -0.2) is 6.54 Å². The Kier molecular flexibility index (Phi) is 4.32. The zero-order valence-corrected chi connectivity index (χ0v) is 13.9. The zero-order chi connectivity index (χ0) is 14.8. The minimum Gasteiger partial charge on any atom is -0.341 e. The van der Waals surface area contributed by atoms with Gasteiger partial charge in [0.1, 0.15) is 0 Å². The Morgan fingerprint density at radius 2 is 1.95 bits per heavy atom. The molecule has 0 amide bonds. The lowest BCUT2D eigenvalue weighted by Gasteiger charge is -2.26. The van der Waals surface area contributed by atoms with Crippen molar-refractivity contribution in [2.75, 3.05) is 11.4 Å². The number of fused-ring (bicyclic) bond motifs is 1. The fourth-order valence-corrected chi connectivity index (χ4v) is 3.74. The molecule has 0 spiro atoms. The Morgan fingerprint density at radius 1 is 1.14 bits per heavy atom. The molecular formula is C18H21BrN2. The van der Waals surface area contributed by atoms with E-state index in [1.54, 1.807) is 0 Å². The number of nitrogens with two attached hydrogens (primary N) is 1. The van der Waals surface area contributed by atoms with Gasteiger partial charge in [0, 0.05) is 28.4 Å². The maximum Gasteiger partial charge on any atom is 0.0443 e. The highest BCUT2D eigenvalue weighted by molar-refractivity contribution is 9.10. The van der Waals surface area contributed by atoms with Crippen molar-refractivity contribution in [2.45, 2.75) is 32.2 Å². The largest absolute Gasteiger partial charge is 0.341 e. The molecule has 0 radical (unpaired) electrons. The number of halogens is 1. The molecule has 1 aliphatic heterocycles. The van der Waals surface area contributed by atoms with Crippen molar-refractivity contribution in [2.24, 2.45) is 5.73 Å². The van der Waals surface area contributed by atoms with Gasteiger partial charge in [-0.3, -0.25) is 0 Å². The predicted molar refractivity (Wildman–Crippen MR) is 93.1 cm³/mol. The van der Waals surface area contributed by atoms with E-state index in [4.69, 9.17) is 5.73 Å². The van der Waals surface area contributed by atoms with Crippen molar-refractivity contribution in [3.63, 3.8) is 0 Å². The van der Waals surface area contributed by atoms with Gasteiger partial charge in [0.2, 0.25) is 0 Å². The van der Waals surface area contributed by atoms with Gasteiger partial charge in [-0.25, -0.2) is 0 Å². The van der Waals surface area contributed by atoms with E-state index in [1.165, 1.54) is 36.2 Å². The van der Waals surface area contributed by atoms with E-state index in [0.29, 0.717) is 0 Å². The van der Waals surface area contributed by atoms with Gasteiger partial charge in [-0.1, -0.05) is 40.2 Å². The second-order valence-electron chi connectivity index (χ2n) is 5.73. The first kappa shape index (κ1) is 14.6.